The molecule has 1 fully saturated rings. The van der Waals surface area contributed by atoms with Crippen molar-refractivity contribution >= 4 is 22.8 Å². The van der Waals surface area contributed by atoms with Crippen LogP contribution in [0.1, 0.15) is 42.4 Å². The predicted molar refractivity (Wildman–Crippen MR) is 149 cm³/mol. The number of piperidine rings is 1. The highest BCUT2D eigenvalue weighted by Crippen LogP contribution is 2.23. The minimum absolute atomic E-state index is 0.0468. The van der Waals surface area contributed by atoms with E-state index in [0.29, 0.717) is 44.8 Å². The monoisotopic (exact) mass is 494 g/mol. The molecule has 1 atom stereocenters. The lowest BCUT2D eigenvalue weighted by atomic mass is 9.95. The van der Waals surface area contributed by atoms with Crippen LogP contribution in [0.3, 0.4) is 0 Å². The van der Waals surface area contributed by atoms with Crippen molar-refractivity contribution in [2.24, 2.45) is 5.92 Å². The van der Waals surface area contributed by atoms with Crippen LogP contribution in [-0.4, -0.2) is 35.1 Å². The standard InChI is InChI=1S/C31H34N4O2/c1-22-12-14-24(15-13-22)21-35-28-11-7-6-10-27(28)33-29(31(35)37)34-18-16-26(17-19-34)30(36)32-20-23(2)25-8-4-3-5-9-25/h3-15,23,26H,16-21H2,1-2H3,(H,32,36). The molecule has 1 saturated heterocycles. The van der Waals surface area contributed by atoms with Crippen LogP contribution in [0.4, 0.5) is 5.82 Å². The van der Waals surface area contributed by atoms with Crippen molar-refractivity contribution in [3.63, 3.8) is 0 Å². The molecule has 6 heteroatoms. The summed E-state index contributed by atoms with van der Waals surface area (Å²) in [6.07, 6.45) is 1.41. The molecule has 37 heavy (non-hydrogen) atoms. The van der Waals surface area contributed by atoms with Crippen molar-refractivity contribution in [1.82, 2.24) is 14.9 Å². The summed E-state index contributed by atoms with van der Waals surface area (Å²) >= 11 is 0. The third kappa shape index (κ3) is 5.58. The van der Waals surface area contributed by atoms with Crippen molar-refractivity contribution in [3.8, 4) is 0 Å². The quantitative estimate of drug-likeness (QED) is 0.397. The van der Waals surface area contributed by atoms with E-state index in [2.05, 4.69) is 60.5 Å². The van der Waals surface area contributed by atoms with Crippen LogP contribution >= 0.6 is 0 Å². The molecule has 0 radical (unpaired) electrons. The Morgan fingerprint density at radius 1 is 0.973 bits per heavy atom. The zero-order valence-corrected chi connectivity index (χ0v) is 21.6. The minimum atomic E-state index is -0.0844. The largest absolute Gasteiger partial charge is 0.355 e. The maximum Gasteiger partial charge on any atom is 0.294 e. The van der Waals surface area contributed by atoms with E-state index < -0.39 is 0 Å². The van der Waals surface area contributed by atoms with Crippen LogP contribution in [0.5, 0.6) is 0 Å². The lowest BCUT2D eigenvalue weighted by Crippen LogP contribution is -2.43. The Kier molecular flexibility index (Phi) is 7.35. The summed E-state index contributed by atoms with van der Waals surface area (Å²) in [5.74, 6) is 0.793. The second-order valence-electron chi connectivity index (χ2n) is 10.1. The second kappa shape index (κ2) is 11.0. The first kappa shape index (κ1) is 24.8. The Hall–Kier alpha value is -3.93. The summed E-state index contributed by atoms with van der Waals surface area (Å²) in [6.45, 7) is 6.58. The highest BCUT2D eigenvalue weighted by atomic mass is 16.2. The first-order chi connectivity index (χ1) is 18.0. The van der Waals surface area contributed by atoms with E-state index in [1.165, 1.54) is 11.1 Å². The molecule has 4 aromatic rings. The third-order valence-electron chi connectivity index (χ3n) is 7.41. The first-order valence-electron chi connectivity index (χ1n) is 13.1. The molecule has 3 aromatic carbocycles. The Labute approximate surface area is 218 Å². The summed E-state index contributed by atoms with van der Waals surface area (Å²) in [6, 6.07) is 26.3. The van der Waals surface area contributed by atoms with Crippen LogP contribution in [-0.2, 0) is 11.3 Å². The molecular formula is C31H34N4O2. The molecule has 5 rings (SSSR count). The maximum absolute atomic E-state index is 13.7. The van der Waals surface area contributed by atoms with E-state index >= 15 is 0 Å². The normalized spacial score (nSPS) is 15.0. The summed E-state index contributed by atoms with van der Waals surface area (Å²) in [7, 11) is 0. The van der Waals surface area contributed by atoms with Gasteiger partial charge in [-0.3, -0.25) is 14.2 Å². The van der Waals surface area contributed by atoms with Crippen molar-refractivity contribution in [3.05, 3.63) is 106 Å². The fraction of sp³-hybridized carbons (Fsp3) is 0.323. The molecule has 190 valence electrons. The molecule has 0 aliphatic carbocycles. The number of rotatable bonds is 7. The van der Waals surface area contributed by atoms with E-state index in [0.717, 1.165) is 16.6 Å². The average Bonchev–Trinajstić information content (AvgIpc) is 2.94. The van der Waals surface area contributed by atoms with E-state index in [1.807, 2.05) is 47.0 Å². The summed E-state index contributed by atoms with van der Waals surface area (Å²) in [5.41, 5.74) is 5.05. The Balaban J connectivity index is 1.28. The Bertz CT molecular complexity index is 1420. The lowest BCUT2D eigenvalue weighted by Gasteiger charge is -2.32. The topological polar surface area (TPSA) is 67.2 Å². The molecule has 1 aromatic heterocycles. The number of carbonyl (C=O) groups is 1. The highest BCUT2D eigenvalue weighted by Gasteiger charge is 2.28. The fourth-order valence-electron chi connectivity index (χ4n) is 5.07. The van der Waals surface area contributed by atoms with Crippen LogP contribution < -0.4 is 15.8 Å². The number of amides is 1. The average molecular weight is 495 g/mol. The molecule has 2 heterocycles. The number of nitrogens with zero attached hydrogens (tertiary/aromatic N) is 3. The van der Waals surface area contributed by atoms with Gasteiger partial charge in [0.25, 0.3) is 5.56 Å². The number of benzene rings is 3. The molecule has 1 N–H and O–H groups in total. The highest BCUT2D eigenvalue weighted by molar-refractivity contribution is 5.79. The van der Waals surface area contributed by atoms with Gasteiger partial charge in [-0.05, 0) is 48.9 Å². The summed E-state index contributed by atoms with van der Waals surface area (Å²) < 4.78 is 1.83. The van der Waals surface area contributed by atoms with Crippen molar-refractivity contribution in [2.45, 2.75) is 39.2 Å². The van der Waals surface area contributed by atoms with Gasteiger partial charge in [-0.2, -0.15) is 0 Å². The van der Waals surface area contributed by atoms with Gasteiger partial charge < -0.3 is 10.2 Å². The van der Waals surface area contributed by atoms with Crippen LogP contribution in [0.25, 0.3) is 11.0 Å². The zero-order valence-electron chi connectivity index (χ0n) is 21.6. The molecule has 1 aliphatic rings. The van der Waals surface area contributed by atoms with Gasteiger partial charge in [0.2, 0.25) is 5.91 Å². The van der Waals surface area contributed by atoms with Gasteiger partial charge in [-0.1, -0.05) is 79.2 Å². The molecule has 0 saturated carbocycles. The fourth-order valence-corrected chi connectivity index (χ4v) is 5.07. The molecule has 1 unspecified atom stereocenters. The maximum atomic E-state index is 13.7. The number of hydrogen-bond donors (Lipinski definition) is 1. The number of carbonyl (C=O) groups excluding carboxylic acids is 1. The van der Waals surface area contributed by atoms with Crippen LogP contribution in [0.2, 0.25) is 0 Å². The van der Waals surface area contributed by atoms with Gasteiger partial charge >= 0.3 is 0 Å². The molecule has 1 aliphatic heterocycles. The minimum Gasteiger partial charge on any atom is -0.355 e. The van der Waals surface area contributed by atoms with E-state index in [4.69, 9.17) is 4.98 Å². The number of anilines is 1. The number of hydrogen-bond acceptors (Lipinski definition) is 4. The zero-order chi connectivity index (χ0) is 25.8. The van der Waals surface area contributed by atoms with Crippen molar-refractivity contribution < 1.29 is 4.79 Å². The number of aryl methyl sites for hydroxylation is 1. The SMILES string of the molecule is Cc1ccc(Cn2c(=O)c(N3CCC(C(=O)NCC(C)c4ccccc4)CC3)nc3ccccc32)cc1. The lowest BCUT2D eigenvalue weighted by molar-refractivity contribution is -0.125. The first-order valence-corrected chi connectivity index (χ1v) is 13.1. The number of fused-ring (bicyclic) bond motifs is 1. The van der Waals surface area contributed by atoms with Gasteiger partial charge in [-0.15, -0.1) is 0 Å². The number of nitrogens with one attached hydrogen (secondary N) is 1. The van der Waals surface area contributed by atoms with E-state index in [9.17, 15) is 9.59 Å². The van der Waals surface area contributed by atoms with Gasteiger partial charge in [0.05, 0.1) is 17.6 Å². The third-order valence-corrected chi connectivity index (χ3v) is 7.41. The number of para-hydroxylation sites is 2. The summed E-state index contributed by atoms with van der Waals surface area (Å²) in [4.78, 5) is 33.4. The predicted octanol–water partition coefficient (Wildman–Crippen LogP) is 4.89. The van der Waals surface area contributed by atoms with Crippen molar-refractivity contribution in [2.75, 3.05) is 24.5 Å². The smallest absolute Gasteiger partial charge is 0.294 e. The summed E-state index contributed by atoms with van der Waals surface area (Å²) in [5, 5.41) is 3.14. The van der Waals surface area contributed by atoms with Gasteiger partial charge in [-0.25, -0.2) is 4.98 Å². The molecule has 1 amide bonds. The van der Waals surface area contributed by atoms with E-state index in [-0.39, 0.29) is 23.3 Å². The Morgan fingerprint density at radius 2 is 1.65 bits per heavy atom. The molecule has 0 bridgehead atoms. The Morgan fingerprint density at radius 3 is 2.38 bits per heavy atom. The van der Waals surface area contributed by atoms with Crippen LogP contribution in [0.15, 0.2) is 83.7 Å². The van der Waals surface area contributed by atoms with Crippen LogP contribution in [0, 0.1) is 12.8 Å². The van der Waals surface area contributed by atoms with Gasteiger partial charge in [0.15, 0.2) is 5.82 Å². The molecule has 6 nitrogen and oxygen atoms in total. The van der Waals surface area contributed by atoms with Gasteiger partial charge in [0.1, 0.15) is 0 Å². The molecular weight excluding hydrogens is 460 g/mol. The second-order valence-corrected chi connectivity index (χ2v) is 10.1. The molecule has 0 spiro atoms. The van der Waals surface area contributed by atoms with Crippen molar-refractivity contribution in [1.29, 1.82) is 0 Å². The van der Waals surface area contributed by atoms with E-state index in [1.54, 1.807) is 0 Å². The number of aromatic nitrogens is 2. The van der Waals surface area contributed by atoms with Gasteiger partial charge in [0, 0.05) is 25.6 Å².